The molecule has 0 amide bonds. The fraction of sp³-hybridized carbons (Fsp3) is 0.583. The molecule has 2 rings (SSSR count). The minimum absolute atomic E-state index is 0.400. The number of nitrogens with two attached hydrogens (primary N) is 1. The molecule has 1 aromatic heterocycles. The van der Waals surface area contributed by atoms with Gasteiger partial charge in [-0.15, -0.1) is 0 Å². The lowest BCUT2D eigenvalue weighted by Crippen LogP contribution is -2.26. The molecular formula is C12H18N2. The third kappa shape index (κ3) is 2.13. The Hall–Kier alpha value is -0.890. The molecule has 0 bridgehead atoms. The number of hydrogen-bond acceptors (Lipinski definition) is 2. The highest BCUT2D eigenvalue weighted by atomic mass is 14.7. The molecule has 2 unspecified atom stereocenters. The summed E-state index contributed by atoms with van der Waals surface area (Å²) in [7, 11) is 0. The number of aromatic nitrogens is 1. The Balaban J connectivity index is 2.03. The molecule has 0 radical (unpaired) electrons. The Labute approximate surface area is 85.5 Å². The molecule has 14 heavy (non-hydrogen) atoms. The van der Waals surface area contributed by atoms with Crippen LogP contribution in [0.15, 0.2) is 18.3 Å². The Bertz CT molecular complexity index is 309. The number of hydrogen-bond donors (Lipinski definition) is 1. The minimum atomic E-state index is 0.400. The van der Waals surface area contributed by atoms with Gasteiger partial charge in [-0.25, -0.2) is 0 Å². The molecule has 0 aromatic carbocycles. The summed E-state index contributed by atoms with van der Waals surface area (Å²) in [4.78, 5) is 4.38. The minimum Gasteiger partial charge on any atom is -0.327 e. The maximum Gasteiger partial charge on any atom is 0.0409 e. The van der Waals surface area contributed by atoms with Crippen LogP contribution in [0.3, 0.4) is 0 Å². The molecule has 0 spiro atoms. The molecule has 2 nitrogen and oxygen atoms in total. The molecule has 1 heterocycles. The summed E-state index contributed by atoms with van der Waals surface area (Å²) in [5.41, 5.74) is 8.53. The van der Waals surface area contributed by atoms with Crippen molar-refractivity contribution >= 4 is 0 Å². The van der Waals surface area contributed by atoms with Crippen LogP contribution in [0.1, 0.15) is 30.5 Å². The molecule has 1 saturated carbocycles. The van der Waals surface area contributed by atoms with E-state index in [-0.39, 0.29) is 0 Å². The van der Waals surface area contributed by atoms with E-state index in [1.165, 1.54) is 30.5 Å². The first-order chi connectivity index (χ1) is 6.75. The summed E-state index contributed by atoms with van der Waals surface area (Å²) in [6.07, 6.45) is 6.71. The molecule has 2 heteroatoms. The lowest BCUT2D eigenvalue weighted by molar-refractivity contribution is 0.474. The van der Waals surface area contributed by atoms with Gasteiger partial charge < -0.3 is 5.73 Å². The SMILES string of the molecule is Cc1ccnc(CC2CCCC2N)c1. The summed E-state index contributed by atoms with van der Waals surface area (Å²) in [5.74, 6) is 0.657. The van der Waals surface area contributed by atoms with Gasteiger partial charge in [-0.3, -0.25) is 4.98 Å². The predicted molar refractivity (Wildman–Crippen MR) is 58.0 cm³/mol. The molecule has 1 aromatic rings. The number of aryl methyl sites for hydroxylation is 1. The van der Waals surface area contributed by atoms with E-state index in [4.69, 9.17) is 5.73 Å². The fourth-order valence-electron chi connectivity index (χ4n) is 2.30. The zero-order chi connectivity index (χ0) is 9.97. The lowest BCUT2D eigenvalue weighted by atomic mass is 9.97. The molecule has 1 aliphatic rings. The van der Waals surface area contributed by atoms with E-state index >= 15 is 0 Å². The van der Waals surface area contributed by atoms with E-state index in [0.29, 0.717) is 12.0 Å². The fourth-order valence-corrected chi connectivity index (χ4v) is 2.30. The van der Waals surface area contributed by atoms with E-state index in [9.17, 15) is 0 Å². The summed E-state index contributed by atoms with van der Waals surface area (Å²) < 4.78 is 0. The maximum absolute atomic E-state index is 6.04. The monoisotopic (exact) mass is 190 g/mol. The highest BCUT2D eigenvalue weighted by Crippen LogP contribution is 2.26. The second-order valence-electron chi connectivity index (χ2n) is 4.38. The van der Waals surface area contributed by atoms with Crippen LogP contribution in [-0.2, 0) is 6.42 Å². The van der Waals surface area contributed by atoms with Crippen molar-refractivity contribution in [2.24, 2.45) is 11.7 Å². The third-order valence-corrected chi connectivity index (χ3v) is 3.16. The zero-order valence-corrected chi connectivity index (χ0v) is 8.74. The van der Waals surface area contributed by atoms with Crippen molar-refractivity contribution in [2.45, 2.75) is 38.6 Å². The Morgan fingerprint density at radius 1 is 1.50 bits per heavy atom. The van der Waals surface area contributed by atoms with E-state index < -0.39 is 0 Å². The van der Waals surface area contributed by atoms with Crippen LogP contribution in [0.4, 0.5) is 0 Å². The van der Waals surface area contributed by atoms with Crippen LogP contribution in [-0.4, -0.2) is 11.0 Å². The molecule has 76 valence electrons. The van der Waals surface area contributed by atoms with Gasteiger partial charge in [-0.2, -0.15) is 0 Å². The highest BCUT2D eigenvalue weighted by molar-refractivity contribution is 5.15. The first kappa shape index (κ1) is 9.66. The second-order valence-corrected chi connectivity index (χ2v) is 4.38. The topological polar surface area (TPSA) is 38.9 Å². The zero-order valence-electron chi connectivity index (χ0n) is 8.74. The van der Waals surface area contributed by atoms with Crippen LogP contribution in [0.2, 0.25) is 0 Å². The van der Waals surface area contributed by atoms with Crippen LogP contribution >= 0.6 is 0 Å². The summed E-state index contributed by atoms with van der Waals surface area (Å²) >= 11 is 0. The van der Waals surface area contributed by atoms with Crippen LogP contribution in [0, 0.1) is 12.8 Å². The average Bonchev–Trinajstić information content (AvgIpc) is 2.52. The van der Waals surface area contributed by atoms with E-state index in [1.54, 1.807) is 0 Å². The first-order valence-electron chi connectivity index (χ1n) is 5.43. The van der Waals surface area contributed by atoms with Crippen molar-refractivity contribution in [1.29, 1.82) is 0 Å². The number of nitrogens with zero attached hydrogens (tertiary/aromatic N) is 1. The Morgan fingerprint density at radius 2 is 2.36 bits per heavy atom. The van der Waals surface area contributed by atoms with E-state index in [2.05, 4.69) is 18.0 Å². The van der Waals surface area contributed by atoms with Gasteiger partial charge in [-0.1, -0.05) is 6.42 Å². The standard InChI is InChI=1S/C12H18N2/c1-9-5-6-14-11(7-9)8-10-3-2-4-12(10)13/h5-7,10,12H,2-4,8,13H2,1H3. The molecule has 0 aliphatic heterocycles. The van der Waals surface area contributed by atoms with Gasteiger partial charge in [0.2, 0.25) is 0 Å². The molecule has 1 fully saturated rings. The molecule has 2 atom stereocenters. The summed E-state index contributed by atoms with van der Waals surface area (Å²) in [5, 5.41) is 0. The van der Waals surface area contributed by atoms with Gasteiger partial charge in [-0.05, 0) is 49.8 Å². The smallest absolute Gasteiger partial charge is 0.0409 e. The second kappa shape index (κ2) is 4.09. The van der Waals surface area contributed by atoms with Gasteiger partial charge >= 0.3 is 0 Å². The maximum atomic E-state index is 6.04. The van der Waals surface area contributed by atoms with Crippen molar-refractivity contribution < 1.29 is 0 Å². The summed E-state index contributed by atoms with van der Waals surface area (Å²) in [6, 6.07) is 4.61. The van der Waals surface area contributed by atoms with Crippen molar-refractivity contribution in [3.05, 3.63) is 29.6 Å². The van der Waals surface area contributed by atoms with E-state index in [1.807, 2.05) is 12.3 Å². The third-order valence-electron chi connectivity index (χ3n) is 3.16. The van der Waals surface area contributed by atoms with Crippen LogP contribution in [0.25, 0.3) is 0 Å². The van der Waals surface area contributed by atoms with Crippen LogP contribution < -0.4 is 5.73 Å². The van der Waals surface area contributed by atoms with Crippen molar-refractivity contribution in [3.63, 3.8) is 0 Å². The quantitative estimate of drug-likeness (QED) is 0.775. The van der Waals surface area contributed by atoms with Gasteiger partial charge in [0.15, 0.2) is 0 Å². The van der Waals surface area contributed by atoms with Gasteiger partial charge in [0.05, 0.1) is 0 Å². The molecule has 1 aliphatic carbocycles. The van der Waals surface area contributed by atoms with Crippen LogP contribution in [0.5, 0.6) is 0 Å². The largest absolute Gasteiger partial charge is 0.327 e. The van der Waals surface area contributed by atoms with Gasteiger partial charge in [0.25, 0.3) is 0 Å². The number of pyridine rings is 1. The molecule has 0 saturated heterocycles. The van der Waals surface area contributed by atoms with E-state index in [0.717, 1.165) is 6.42 Å². The van der Waals surface area contributed by atoms with Crippen molar-refractivity contribution in [2.75, 3.05) is 0 Å². The van der Waals surface area contributed by atoms with Crippen molar-refractivity contribution in [3.8, 4) is 0 Å². The summed E-state index contributed by atoms with van der Waals surface area (Å²) in [6.45, 7) is 2.11. The highest BCUT2D eigenvalue weighted by Gasteiger charge is 2.24. The predicted octanol–water partition coefficient (Wildman–Crippen LogP) is 2.06. The Kier molecular flexibility index (Phi) is 2.82. The first-order valence-corrected chi connectivity index (χ1v) is 5.43. The molecule has 2 N–H and O–H groups in total. The normalized spacial score (nSPS) is 26.7. The van der Waals surface area contributed by atoms with Gasteiger partial charge in [0.1, 0.15) is 0 Å². The number of rotatable bonds is 2. The molecular weight excluding hydrogens is 172 g/mol. The average molecular weight is 190 g/mol. The van der Waals surface area contributed by atoms with Gasteiger partial charge in [0, 0.05) is 17.9 Å². The Morgan fingerprint density at radius 3 is 3.00 bits per heavy atom. The lowest BCUT2D eigenvalue weighted by Gasteiger charge is -2.14. The van der Waals surface area contributed by atoms with Crippen molar-refractivity contribution in [1.82, 2.24) is 4.98 Å².